The van der Waals surface area contributed by atoms with Gasteiger partial charge >= 0.3 is 0 Å². The van der Waals surface area contributed by atoms with E-state index in [1.54, 1.807) is 7.11 Å². The molecule has 6 heteroatoms. The first kappa shape index (κ1) is 20.2. The van der Waals surface area contributed by atoms with Crippen LogP contribution >= 0.6 is 0 Å². The third kappa shape index (κ3) is 3.84. The van der Waals surface area contributed by atoms with E-state index in [2.05, 4.69) is 11.0 Å². The van der Waals surface area contributed by atoms with Crippen LogP contribution in [0.1, 0.15) is 10.4 Å². The van der Waals surface area contributed by atoms with Crippen molar-refractivity contribution in [2.45, 2.75) is 0 Å². The van der Waals surface area contributed by atoms with Gasteiger partial charge in [0, 0.05) is 37.3 Å². The number of rotatable bonds is 4. The molecule has 0 saturated carbocycles. The van der Waals surface area contributed by atoms with Crippen LogP contribution in [0.5, 0.6) is 17.2 Å². The van der Waals surface area contributed by atoms with Gasteiger partial charge < -0.3 is 24.0 Å². The second kappa shape index (κ2) is 8.83. The van der Waals surface area contributed by atoms with Gasteiger partial charge in [0.15, 0.2) is 11.5 Å². The minimum atomic E-state index is 0.0409. The minimum Gasteiger partial charge on any atom is -0.496 e. The standard InChI is InChI=1S/C26H26N2O4/c1-30-23-11-10-20(18-21(23)19-6-3-2-4-7-19)26(29)28-14-12-27(13-15-28)22-8-5-9-24-25(22)32-17-16-31-24/h2-11,18H,12-17H2,1H3. The Morgan fingerprint density at radius 3 is 2.44 bits per heavy atom. The van der Waals surface area contributed by atoms with Crippen LogP contribution in [0.15, 0.2) is 66.7 Å². The molecule has 1 saturated heterocycles. The summed E-state index contributed by atoms with van der Waals surface area (Å²) in [6.07, 6.45) is 0. The molecular formula is C26H26N2O4. The van der Waals surface area contributed by atoms with Crippen LogP contribution in [0.4, 0.5) is 5.69 Å². The summed E-state index contributed by atoms with van der Waals surface area (Å²) >= 11 is 0. The SMILES string of the molecule is COc1ccc(C(=O)N2CCN(c3cccc4c3OCCO4)CC2)cc1-c1ccccc1. The maximum Gasteiger partial charge on any atom is 0.254 e. The third-order valence-corrected chi connectivity index (χ3v) is 5.98. The molecule has 2 aliphatic rings. The van der Waals surface area contributed by atoms with Gasteiger partial charge in [0.1, 0.15) is 19.0 Å². The summed E-state index contributed by atoms with van der Waals surface area (Å²) in [5, 5.41) is 0. The molecule has 2 heterocycles. The molecule has 0 N–H and O–H groups in total. The summed E-state index contributed by atoms with van der Waals surface area (Å²) in [5.41, 5.74) is 3.66. The monoisotopic (exact) mass is 430 g/mol. The summed E-state index contributed by atoms with van der Waals surface area (Å²) in [4.78, 5) is 17.5. The van der Waals surface area contributed by atoms with Crippen molar-refractivity contribution in [3.8, 4) is 28.4 Å². The smallest absolute Gasteiger partial charge is 0.254 e. The molecule has 2 aliphatic heterocycles. The fourth-order valence-electron chi connectivity index (χ4n) is 4.32. The second-order valence-corrected chi connectivity index (χ2v) is 7.86. The Bertz CT molecular complexity index is 1110. The van der Waals surface area contributed by atoms with Gasteiger partial charge in [0.25, 0.3) is 5.91 Å². The maximum absolute atomic E-state index is 13.3. The van der Waals surface area contributed by atoms with Crippen molar-refractivity contribution < 1.29 is 19.0 Å². The Morgan fingerprint density at radius 1 is 0.875 bits per heavy atom. The first-order chi connectivity index (χ1) is 15.7. The lowest BCUT2D eigenvalue weighted by Gasteiger charge is -2.37. The highest BCUT2D eigenvalue weighted by molar-refractivity contribution is 5.96. The molecule has 0 bridgehead atoms. The molecule has 0 aromatic heterocycles. The van der Waals surface area contributed by atoms with Gasteiger partial charge in [-0.25, -0.2) is 0 Å². The zero-order valence-electron chi connectivity index (χ0n) is 18.1. The van der Waals surface area contributed by atoms with Gasteiger partial charge in [-0.1, -0.05) is 36.4 Å². The van der Waals surface area contributed by atoms with Gasteiger partial charge in [-0.3, -0.25) is 4.79 Å². The van der Waals surface area contributed by atoms with E-state index in [9.17, 15) is 4.79 Å². The van der Waals surface area contributed by atoms with Crippen molar-refractivity contribution >= 4 is 11.6 Å². The Morgan fingerprint density at radius 2 is 1.66 bits per heavy atom. The van der Waals surface area contributed by atoms with Crippen molar-refractivity contribution in [2.75, 3.05) is 51.4 Å². The highest BCUT2D eigenvalue weighted by Gasteiger charge is 2.26. The number of ether oxygens (including phenoxy) is 3. The largest absolute Gasteiger partial charge is 0.496 e. The maximum atomic E-state index is 13.3. The van der Waals surface area contributed by atoms with Crippen molar-refractivity contribution in [1.82, 2.24) is 4.90 Å². The van der Waals surface area contributed by atoms with Crippen LogP contribution in [0.2, 0.25) is 0 Å². The Balaban J connectivity index is 1.32. The number of anilines is 1. The number of piperazine rings is 1. The Labute approximate surface area is 187 Å². The number of fused-ring (bicyclic) bond motifs is 1. The number of carbonyl (C=O) groups is 1. The molecule has 164 valence electrons. The van der Waals surface area contributed by atoms with Crippen molar-refractivity contribution in [3.63, 3.8) is 0 Å². The van der Waals surface area contributed by atoms with Crippen molar-refractivity contribution in [3.05, 3.63) is 72.3 Å². The molecule has 32 heavy (non-hydrogen) atoms. The zero-order valence-corrected chi connectivity index (χ0v) is 18.1. The Hall–Kier alpha value is -3.67. The topological polar surface area (TPSA) is 51.2 Å². The number of para-hydroxylation sites is 1. The lowest BCUT2D eigenvalue weighted by atomic mass is 10.0. The van der Waals surface area contributed by atoms with Crippen molar-refractivity contribution in [1.29, 1.82) is 0 Å². The molecule has 0 atom stereocenters. The summed E-state index contributed by atoms with van der Waals surface area (Å²) in [6.45, 7) is 3.92. The molecule has 1 fully saturated rings. The number of benzene rings is 3. The number of methoxy groups -OCH3 is 1. The van der Waals surface area contributed by atoms with E-state index in [4.69, 9.17) is 14.2 Å². The second-order valence-electron chi connectivity index (χ2n) is 7.86. The predicted octanol–water partition coefficient (Wildman–Crippen LogP) is 4.10. The van der Waals surface area contributed by atoms with E-state index in [1.807, 2.05) is 65.6 Å². The highest BCUT2D eigenvalue weighted by atomic mass is 16.6. The third-order valence-electron chi connectivity index (χ3n) is 5.98. The van der Waals surface area contributed by atoms with Crippen LogP contribution in [0.25, 0.3) is 11.1 Å². The molecule has 1 amide bonds. The molecule has 0 unspecified atom stereocenters. The van der Waals surface area contributed by atoms with Crippen LogP contribution in [0, 0.1) is 0 Å². The van der Waals surface area contributed by atoms with Gasteiger partial charge in [0.2, 0.25) is 0 Å². The number of amides is 1. The lowest BCUT2D eigenvalue weighted by molar-refractivity contribution is 0.0746. The molecule has 5 rings (SSSR count). The number of hydrogen-bond acceptors (Lipinski definition) is 5. The first-order valence-corrected chi connectivity index (χ1v) is 10.9. The quantitative estimate of drug-likeness (QED) is 0.624. The molecule has 0 radical (unpaired) electrons. The number of carbonyl (C=O) groups excluding carboxylic acids is 1. The van der Waals surface area contributed by atoms with Gasteiger partial charge in [-0.15, -0.1) is 0 Å². The van der Waals surface area contributed by atoms with E-state index in [0.717, 1.165) is 47.2 Å². The average Bonchev–Trinajstić information content (AvgIpc) is 2.88. The van der Waals surface area contributed by atoms with E-state index in [0.29, 0.717) is 31.9 Å². The van der Waals surface area contributed by atoms with Gasteiger partial charge in [0.05, 0.1) is 12.8 Å². The average molecular weight is 431 g/mol. The van der Waals surface area contributed by atoms with Crippen LogP contribution in [-0.4, -0.2) is 57.3 Å². The number of hydrogen-bond donors (Lipinski definition) is 0. The predicted molar refractivity (Wildman–Crippen MR) is 124 cm³/mol. The summed E-state index contributed by atoms with van der Waals surface area (Å²) < 4.78 is 17.1. The summed E-state index contributed by atoms with van der Waals surface area (Å²) in [5.74, 6) is 2.40. The number of nitrogens with zero attached hydrogens (tertiary/aromatic N) is 2. The molecule has 0 aliphatic carbocycles. The summed E-state index contributed by atoms with van der Waals surface area (Å²) in [7, 11) is 1.65. The van der Waals surface area contributed by atoms with E-state index < -0.39 is 0 Å². The lowest BCUT2D eigenvalue weighted by Crippen LogP contribution is -2.49. The highest BCUT2D eigenvalue weighted by Crippen LogP contribution is 2.40. The Kier molecular flexibility index (Phi) is 5.58. The van der Waals surface area contributed by atoms with Crippen LogP contribution in [-0.2, 0) is 0 Å². The van der Waals surface area contributed by atoms with E-state index in [1.165, 1.54) is 0 Å². The molecule has 6 nitrogen and oxygen atoms in total. The minimum absolute atomic E-state index is 0.0409. The molecular weight excluding hydrogens is 404 g/mol. The molecule has 0 spiro atoms. The molecule has 3 aromatic carbocycles. The normalized spacial score (nSPS) is 15.4. The van der Waals surface area contributed by atoms with Crippen molar-refractivity contribution in [2.24, 2.45) is 0 Å². The van der Waals surface area contributed by atoms with E-state index in [-0.39, 0.29) is 5.91 Å². The first-order valence-electron chi connectivity index (χ1n) is 10.9. The van der Waals surface area contributed by atoms with Crippen LogP contribution < -0.4 is 19.1 Å². The fourth-order valence-corrected chi connectivity index (χ4v) is 4.32. The van der Waals surface area contributed by atoms with Crippen LogP contribution in [0.3, 0.4) is 0 Å². The fraction of sp³-hybridized carbons (Fsp3) is 0.269. The van der Waals surface area contributed by atoms with Gasteiger partial charge in [-0.2, -0.15) is 0 Å². The van der Waals surface area contributed by atoms with E-state index >= 15 is 0 Å². The summed E-state index contributed by atoms with van der Waals surface area (Å²) in [6, 6.07) is 21.6. The van der Waals surface area contributed by atoms with Gasteiger partial charge in [-0.05, 0) is 35.9 Å². The zero-order chi connectivity index (χ0) is 21.9. The molecule has 3 aromatic rings.